The van der Waals surface area contributed by atoms with Crippen LogP contribution in [0.1, 0.15) is 15.9 Å². The monoisotopic (exact) mass is 289 g/mol. The smallest absolute Gasteiger partial charge is 0.304 e. The number of nitro groups is 1. The lowest BCUT2D eigenvalue weighted by Crippen LogP contribution is -2.14. The average molecular weight is 289 g/mol. The van der Waals surface area contributed by atoms with E-state index in [1.165, 1.54) is 10.9 Å². The number of anilines is 1. The van der Waals surface area contributed by atoms with Crippen LogP contribution in [0.4, 0.5) is 15.9 Å². The number of nitrogens with one attached hydrogen (secondary N) is 1. The number of carbonyl (C=O) groups excluding carboxylic acids is 1. The van der Waals surface area contributed by atoms with E-state index in [1.54, 1.807) is 7.05 Å². The standard InChI is InChI=1S/C12H8FN5O3/c1-17-6-8(5-14)11(16-17)15-12(19)7-2-3-9(13)10(4-7)18(20)21/h2-4,6H,1H3,(H,15,16,19). The molecule has 1 N–H and O–H groups in total. The molecular formula is C12H8FN5O3. The van der Waals surface area contributed by atoms with E-state index >= 15 is 0 Å². The van der Waals surface area contributed by atoms with E-state index in [-0.39, 0.29) is 16.9 Å². The van der Waals surface area contributed by atoms with Gasteiger partial charge in [-0.1, -0.05) is 0 Å². The molecule has 0 saturated heterocycles. The van der Waals surface area contributed by atoms with E-state index < -0.39 is 22.3 Å². The molecule has 1 amide bonds. The number of rotatable bonds is 3. The molecule has 0 saturated carbocycles. The van der Waals surface area contributed by atoms with Crippen LogP contribution in [0.15, 0.2) is 24.4 Å². The van der Waals surface area contributed by atoms with Crippen LogP contribution < -0.4 is 5.32 Å². The van der Waals surface area contributed by atoms with Gasteiger partial charge < -0.3 is 5.32 Å². The third kappa shape index (κ3) is 2.84. The highest BCUT2D eigenvalue weighted by Gasteiger charge is 2.19. The molecule has 0 aliphatic rings. The number of aryl methyl sites for hydroxylation is 1. The number of hydrogen-bond acceptors (Lipinski definition) is 5. The molecule has 1 aromatic heterocycles. The number of nitriles is 1. The fraction of sp³-hybridized carbons (Fsp3) is 0.0833. The minimum Gasteiger partial charge on any atom is -0.304 e. The topological polar surface area (TPSA) is 114 Å². The largest absolute Gasteiger partial charge is 0.305 e. The number of benzene rings is 1. The third-order valence-corrected chi connectivity index (χ3v) is 2.59. The molecular weight excluding hydrogens is 281 g/mol. The molecule has 1 aromatic carbocycles. The second-order valence-corrected chi connectivity index (χ2v) is 4.05. The maximum atomic E-state index is 13.2. The van der Waals surface area contributed by atoms with Crippen LogP contribution >= 0.6 is 0 Å². The van der Waals surface area contributed by atoms with Crippen LogP contribution in [-0.2, 0) is 7.05 Å². The minimum atomic E-state index is -1.04. The zero-order valence-corrected chi connectivity index (χ0v) is 10.7. The Kier molecular flexibility index (Phi) is 3.62. The first-order valence-electron chi connectivity index (χ1n) is 5.61. The van der Waals surface area contributed by atoms with Gasteiger partial charge >= 0.3 is 5.69 Å². The van der Waals surface area contributed by atoms with E-state index in [9.17, 15) is 19.3 Å². The van der Waals surface area contributed by atoms with Gasteiger partial charge in [-0.2, -0.15) is 14.8 Å². The Hall–Kier alpha value is -3.28. The summed E-state index contributed by atoms with van der Waals surface area (Å²) in [5.41, 5.74) is -0.774. The highest BCUT2D eigenvalue weighted by atomic mass is 19.1. The van der Waals surface area contributed by atoms with Crippen molar-refractivity contribution in [2.24, 2.45) is 7.05 Å². The summed E-state index contributed by atoms with van der Waals surface area (Å²) in [4.78, 5) is 21.7. The number of carbonyl (C=O) groups is 1. The average Bonchev–Trinajstić information content (AvgIpc) is 2.78. The van der Waals surface area contributed by atoms with Gasteiger partial charge in [0, 0.05) is 24.9 Å². The summed E-state index contributed by atoms with van der Waals surface area (Å²) in [5.74, 6) is -1.74. The van der Waals surface area contributed by atoms with E-state index in [0.29, 0.717) is 0 Å². The van der Waals surface area contributed by atoms with Crippen molar-refractivity contribution < 1.29 is 14.1 Å². The Morgan fingerprint density at radius 3 is 2.90 bits per heavy atom. The van der Waals surface area contributed by atoms with Crippen LogP contribution in [0.5, 0.6) is 0 Å². The summed E-state index contributed by atoms with van der Waals surface area (Å²) in [6.45, 7) is 0. The molecule has 8 nitrogen and oxygen atoms in total. The minimum absolute atomic E-state index is 0.0250. The lowest BCUT2D eigenvalue weighted by Gasteiger charge is -2.03. The quantitative estimate of drug-likeness (QED) is 0.680. The van der Waals surface area contributed by atoms with Crippen molar-refractivity contribution in [3.8, 4) is 6.07 Å². The van der Waals surface area contributed by atoms with E-state index in [4.69, 9.17) is 5.26 Å². The van der Waals surface area contributed by atoms with E-state index in [2.05, 4.69) is 10.4 Å². The maximum Gasteiger partial charge on any atom is 0.305 e. The molecule has 1 heterocycles. The molecule has 9 heteroatoms. The Morgan fingerprint density at radius 2 is 2.29 bits per heavy atom. The van der Waals surface area contributed by atoms with Gasteiger partial charge in [0.2, 0.25) is 5.82 Å². The van der Waals surface area contributed by atoms with Crippen molar-refractivity contribution >= 4 is 17.4 Å². The number of nitro benzene ring substituents is 1. The molecule has 2 aromatic rings. The van der Waals surface area contributed by atoms with Gasteiger partial charge in [-0.15, -0.1) is 0 Å². The molecule has 0 unspecified atom stereocenters. The number of nitrogens with zero attached hydrogens (tertiary/aromatic N) is 4. The maximum absolute atomic E-state index is 13.2. The number of hydrogen-bond donors (Lipinski definition) is 1. The predicted octanol–water partition coefficient (Wildman–Crippen LogP) is 1.59. The van der Waals surface area contributed by atoms with Gasteiger partial charge in [-0.3, -0.25) is 19.6 Å². The number of aromatic nitrogens is 2. The van der Waals surface area contributed by atoms with Crippen LogP contribution in [-0.4, -0.2) is 20.6 Å². The number of amides is 1. The third-order valence-electron chi connectivity index (χ3n) is 2.59. The second-order valence-electron chi connectivity index (χ2n) is 4.05. The first kappa shape index (κ1) is 14.1. The molecule has 106 valence electrons. The molecule has 0 atom stereocenters. The summed E-state index contributed by atoms with van der Waals surface area (Å²) in [7, 11) is 1.57. The fourth-order valence-electron chi connectivity index (χ4n) is 1.64. The normalized spacial score (nSPS) is 9.95. The Bertz CT molecular complexity index is 778. The zero-order chi connectivity index (χ0) is 15.6. The van der Waals surface area contributed by atoms with Crippen molar-refractivity contribution in [3.63, 3.8) is 0 Å². The summed E-state index contributed by atoms with van der Waals surface area (Å²) in [6, 6.07) is 4.60. The van der Waals surface area contributed by atoms with Gasteiger partial charge in [0.25, 0.3) is 5.91 Å². The van der Waals surface area contributed by atoms with Crippen molar-refractivity contribution in [1.29, 1.82) is 5.26 Å². The van der Waals surface area contributed by atoms with Gasteiger partial charge in [-0.05, 0) is 12.1 Å². The molecule has 0 spiro atoms. The summed E-state index contributed by atoms with van der Waals surface area (Å²) in [5, 5.41) is 25.7. The first-order chi connectivity index (χ1) is 9.92. The molecule has 0 radical (unpaired) electrons. The molecule has 0 aliphatic heterocycles. The van der Waals surface area contributed by atoms with E-state index in [0.717, 1.165) is 18.2 Å². The predicted molar refractivity (Wildman–Crippen MR) is 68.9 cm³/mol. The molecule has 2 rings (SSSR count). The van der Waals surface area contributed by atoms with Gasteiger partial charge in [0.1, 0.15) is 11.6 Å². The zero-order valence-electron chi connectivity index (χ0n) is 10.7. The lowest BCUT2D eigenvalue weighted by atomic mass is 10.2. The first-order valence-corrected chi connectivity index (χ1v) is 5.61. The summed E-state index contributed by atoms with van der Waals surface area (Å²) in [6.07, 6.45) is 1.41. The molecule has 0 bridgehead atoms. The number of halogens is 1. The molecule has 0 fully saturated rings. The van der Waals surface area contributed by atoms with Crippen molar-refractivity contribution in [2.75, 3.05) is 5.32 Å². The van der Waals surface area contributed by atoms with Gasteiger partial charge in [-0.25, -0.2) is 0 Å². The SMILES string of the molecule is Cn1cc(C#N)c(NC(=O)c2ccc(F)c([N+](=O)[O-])c2)n1. The Labute approximate surface area is 117 Å². The van der Waals surface area contributed by atoms with Crippen molar-refractivity contribution in [3.05, 3.63) is 51.5 Å². The molecule has 0 aliphatic carbocycles. The summed E-state index contributed by atoms with van der Waals surface area (Å²) >= 11 is 0. The van der Waals surface area contributed by atoms with Gasteiger partial charge in [0.05, 0.1) is 4.92 Å². The highest BCUT2D eigenvalue weighted by molar-refractivity contribution is 6.04. The second kappa shape index (κ2) is 5.38. The van der Waals surface area contributed by atoms with Crippen LogP contribution in [0.25, 0.3) is 0 Å². The van der Waals surface area contributed by atoms with Crippen LogP contribution in [0.2, 0.25) is 0 Å². The molecule has 21 heavy (non-hydrogen) atoms. The fourth-order valence-corrected chi connectivity index (χ4v) is 1.64. The highest BCUT2D eigenvalue weighted by Crippen LogP contribution is 2.20. The van der Waals surface area contributed by atoms with Gasteiger partial charge in [0.15, 0.2) is 5.82 Å². The van der Waals surface area contributed by atoms with E-state index in [1.807, 2.05) is 6.07 Å². The van der Waals surface area contributed by atoms with Crippen molar-refractivity contribution in [2.45, 2.75) is 0 Å². The Balaban J connectivity index is 2.31. The lowest BCUT2D eigenvalue weighted by molar-refractivity contribution is -0.387. The van der Waals surface area contributed by atoms with Crippen molar-refractivity contribution in [1.82, 2.24) is 9.78 Å². The summed E-state index contributed by atoms with van der Waals surface area (Å²) < 4.78 is 14.5. The van der Waals surface area contributed by atoms with Crippen LogP contribution in [0.3, 0.4) is 0 Å². The Morgan fingerprint density at radius 1 is 1.57 bits per heavy atom. The van der Waals surface area contributed by atoms with Crippen LogP contribution in [0, 0.1) is 27.3 Å².